The van der Waals surface area contributed by atoms with Gasteiger partial charge in [0.15, 0.2) is 0 Å². The number of aryl methyl sites for hydroxylation is 1. The van der Waals surface area contributed by atoms with Crippen molar-refractivity contribution in [1.82, 2.24) is 4.98 Å². The van der Waals surface area contributed by atoms with E-state index in [1.54, 1.807) is 19.2 Å². The summed E-state index contributed by atoms with van der Waals surface area (Å²) >= 11 is 10.8. The molecule has 0 spiro atoms. The molecule has 0 fully saturated rings. The summed E-state index contributed by atoms with van der Waals surface area (Å²) in [6, 6.07) is 5.90. The minimum atomic E-state index is -3.76. The van der Waals surface area contributed by atoms with Crippen LogP contribution in [-0.2, 0) is 10.0 Å². The van der Waals surface area contributed by atoms with Gasteiger partial charge in [-0.15, -0.1) is 0 Å². The molecular formula is C13H12ClN3O2S2. The van der Waals surface area contributed by atoms with Crippen LogP contribution in [0.25, 0.3) is 0 Å². The molecule has 0 amide bonds. The lowest BCUT2D eigenvalue weighted by Crippen LogP contribution is -2.15. The molecule has 0 atom stereocenters. The van der Waals surface area contributed by atoms with Crippen molar-refractivity contribution in [2.75, 3.05) is 4.72 Å². The highest BCUT2D eigenvalue weighted by Crippen LogP contribution is 2.23. The average Bonchev–Trinajstić information content (AvgIpc) is 2.40. The average molecular weight is 342 g/mol. The number of thiocarbonyl (C=S) groups is 1. The van der Waals surface area contributed by atoms with E-state index in [0.717, 1.165) is 5.56 Å². The first-order chi connectivity index (χ1) is 9.81. The Balaban J connectivity index is 2.39. The fourth-order valence-electron chi connectivity index (χ4n) is 1.64. The Kier molecular flexibility index (Phi) is 4.46. The molecule has 0 aliphatic rings. The lowest BCUT2D eigenvalue weighted by Gasteiger charge is -2.11. The summed E-state index contributed by atoms with van der Waals surface area (Å²) in [6.07, 6.45) is 3.03. The number of nitrogens with two attached hydrogens (primary N) is 1. The standard InChI is InChI=1S/C13H12ClN3O2S2/c1-8-4-5-16-7-12(8)17-21(18,19)9-2-3-10(13(15)20)11(14)6-9/h2-7,17H,1H3,(H2,15,20). The zero-order chi connectivity index (χ0) is 15.6. The van der Waals surface area contributed by atoms with E-state index in [9.17, 15) is 8.42 Å². The van der Waals surface area contributed by atoms with Gasteiger partial charge in [-0.1, -0.05) is 23.8 Å². The van der Waals surface area contributed by atoms with Crippen molar-refractivity contribution >= 4 is 44.5 Å². The van der Waals surface area contributed by atoms with Crippen molar-refractivity contribution in [3.8, 4) is 0 Å². The van der Waals surface area contributed by atoms with E-state index in [4.69, 9.17) is 29.6 Å². The number of sulfonamides is 1. The maximum Gasteiger partial charge on any atom is 0.262 e. The van der Waals surface area contributed by atoms with Gasteiger partial charge in [-0.2, -0.15) is 0 Å². The SMILES string of the molecule is Cc1ccncc1NS(=O)(=O)c1ccc(C(N)=S)c(Cl)c1. The number of benzene rings is 1. The van der Waals surface area contributed by atoms with Crippen LogP contribution in [0, 0.1) is 6.92 Å². The van der Waals surface area contributed by atoms with Gasteiger partial charge in [-0.05, 0) is 36.8 Å². The van der Waals surface area contributed by atoms with Gasteiger partial charge in [-0.3, -0.25) is 9.71 Å². The van der Waals surface area contributed by atoms with Crippen LogP contribution in [0.4, 0.5) is 5.69 Å². The van der Waals surface area contributed by atoms with Crippen molar-refractivity contribution in [2.24, 2.45) is 5.73 Å². The number of hydrogen-bond acceptors (Lipinski definition) is 4. The summed E-state index contributed by atoms with van der Waals surface area (Å²) in [5.41, 5.74) is 7.10. The molecule has 110 valence electrons. The monoisotopic (exact) mass is 341 g/mol. The highest BCUT2D eigenvalue weighted by molar-refractivity contribution is 7.92. The lowest BCUT2D eigenvalue weighted by molar-refractivity contribution is 0.601. The maximum atomic E-state index is 12.3. The van der Waals surface area contributed by atoms with Crippen molar-refractivity contribution in [3.05, 3.63) is 52.8 Å². The summed E-state index contributed by atoms with van der Waals surface area (Å²) in [4.78, 5) is 4.03. The Hall–Kier alpha value is -1.70. The van der Waals surface area contributed by atoms with E-state index in [1.165, 1.54) is 24.4 Å². The third-order valence-corrected chi connectivity index (χ3v) is 4.70. The zero-order valence-corrected chi connectivity index (χ0v) is 13.4. The number of pyridine rings is 1. The van der Waals surface area contributed by atoms with E-state index >= 15 is 0 Å². The lowest BCUT2D eigenvalue weighted by atomic mass is 10.2. The molecule has 1 aromatic heterocycles. The van der Waals surface area contributed by atoms with Gasteiger partial charge in [0.05, 0.1) is 21.8 Å². The minimum absolute atomic E-state index is 0.0238. The normalized spacial score (nSPS) is 11.1. The molecular weight excluding hydrogens is 330 g/mol. The minimum Gasteiger partial charge on any atom is -0.389 e. The van der Waals surface area contributed by atoms with Crippen molar-refractivity contribution in [1.29, 1.82) is 0 Å². The summed E-state index contributed by atoms with van der Waals surface area (Å²) in [7, 11) is -3.76. The van der Waals surface area contributed by atoms with Crippen LogP contribution in [0.2, 0.25) is 5.02 Å². The number of nitrogens with one attached hydrogen (secondary N) is 1. The molecule has 2 aromatic rings. The van der Waals surface area contributed by atoms with E-state index in [2.05, 4.69) is 9.71 Å². The summed E-state index contributed by atoms with van der Waals surface area (Å²) < 4.78 is 27.1. The summed E-state index contributed by atoms with van der Waals surface area (Å²) in [6.45, 7) is 1.78. The fourth-order valence-corrected chi connectivity index (χ4v) is 3.36. The second-order valence-corrected chi connectivity index (χ2v) is 6.83. The summed E-state index contributed by atoms with van der Waals surface area (Å²) in [5, 5.41) is 0.188. The molecule has 2 rings (SSSR count). The Bertz CT molecular complexity index is 807. The Labute approximate surface area is 133 Å². The third-order valence-electron chi connectivity index (χ3n) is 2.80. The first-order valence-corrected chi connectivity index (χ1v) is 8.11. The third kappa shape index (κ3) is 3.49. The van der Waals surface area contributed by atoms with E-state index < -0.39 is 10.0 Å². The van der Waals surface area contributed by atoms with Gasteiger partial charge in [0.25, 0.3) is 10.0 Å². The number of hydrogen-bond donors (Lipinski definition) is 2. The first kappa shape index (κ1) is 15.7. The van der Waals surface area contributed by atoms with Crippen LogP contribution in [0.15, 0.2) is 41.6 Å². The maximum absolute atomic E-state index is 12.3. The second kappa shape index (κ2) is 5.97. The van der Waals surface area contributed by atoms with E-state index in [-0.39, 0.29) is 14.9 Å². The predicted octanol–water partition coefficient (Wildman–Crippen LogP) is 2.48. The molecule has 0 unspecified atom stereocenters. The Morgan fingerprint density at radius 3 is 2.67 bits per heavy atom. The fraction of sp³-hybridized carbons (Fsp3) is 0.0769. The number of nitrogens with zero attached hydrogens (tertiary/aromatic N) is 1. The van der Waals surface area contributed by atoms with Crippen LogP contribution in [0.5, 0.6) is 0 Å². The van der Waals surface area contributed by atoms with Crippen molar-refractivity contribution in [2.45, 2.75) is 11.8 Å². The van der Waals surface area contributed by atoms with E-state index in [1.807, 2.05) is 0 Å². The van der Waals surface area contributed by atoms with Gasteiger partial charge in [0.1, 0.15) is 4.99 Å². The largest absolute Gasteiger partial charge is 0.389 e. The van der Waals surface area contributed by atoms with Crippen LogP contribution in [-0.4, -0.2) is 18.4 Å². The van der Waals surface area contributed by atoms with Crippen LogP contribution in [0.3, 0.4) is 0 Å². The molecule has 5 nitrogen and oxygen atoms in total. The molecule has 1 aromatic carbocycles. The molecule has 8 heteroatoms. The van der Waals surface area contributed by atoms with Crippen LogP contribution in [0.1, 0.15) is 11.1 Å². The number of rotatable bonds is 4. The molecule has 0 saturated heterocycles. The molecule has 21 heavy (non-hydrogen) atoms. The smallest absolute Gasteiger partial charge is 0.262 e. The topological polar surface area (TPSA) is 85.1 Å². The predicted molar refractivity (Wildman–Crippen MR) is 87.1 cm³/mol. The number of halogens is 1. The van der Waals surface area contributed by atoms with Crippen molar-refractivity contribution in [3.63, 3.8) is 0 Å². The van der Waals surface area contributed by atoms with E-state index in [0.29, 0.717) is 11.3 Å². The molecule has 1 heterocycles. The molecule has 3 N–H and O–H groups in total. The first-order valence-electron chi connectivity index (χ1n) is 5.84. The molecule has 0 aliphatic heterocycles. The highest BCUT2D eigenvalue weighted by Gasteiger charge is 2.17. The van der Waals surface area contributed by atoms with Crippen molar-refractivity contribution < 1.29 is 8.42 Å². The van der Waals surface area contributed by atoms with Gasteiger partial charge in [0.2, 0.25) is 0 Å². The van der Waals surface area contributed by atoms with Gasteiger partial charge in [-0.25, -0.2) is 8.42 Å². The number of aromatic nitrogens is 1. The molecule has 0 saturated carbocycles. The van der Waals surface area contributed by atoms with Crippen LogP contribution < -0.4 is 10.5 Å². The van der Waals surface area contributed by atoms with Gasteiger partial charge < -0.3 is 5.73 Å². The summed E-state index contributed by atoms with van der Waals surface area (Å²) in [5.74, 6) is 0. The highest BCUT2D eigenvalue weighted by atomic mass is 35.5. The zero-order valence-electron chi connectivity index (χ0n) is 11.0. The quantitative estimate of drug-likeness (QED) is 0.834. The molecule has 0 aliphatic carbocycles. The second-order valence-electron chi connectivity index (χ2n) is 4.30. The van der Waals surface area contributed by atoms with Crippen LogP contribution >= 0.6 is 23.8 Å². The Morgan fingerprint density at radius 1 is 1.38 bits per heavy atom. The van der Waals surface area contributed by atoms with Gasteiger partial charge in [0, 0.05) is 11.8 Å². The molecule has 0 bridgehead atoms. The van der Waals surface area contributed by atoms with Gasteiger partial charge >= 0.3 is 0 Å². The molecule has 0 radical (unpaired) electrons. The Morgan fingerprint density at radius 2 is 2.10 bits per heavy atom. The number of anilines is 1.